The van der Waals surface area contributed by atoms with E-state index in [0.717, 1.165) is 17.8 Å². The van der Waals surface area contributed by atoms with Gasteiger partial charge in [-0.15, -0.1) is 0 Å². The first-order valence-corrected chi connectivity index (χ1v) is 6.70. The molecule has 2 N–H and O–H groups in total. The molecule has 21 heavy (non-hydrogen) atoms. The maximum Gasteiger partial charge on any atom is 0.337 e. The summed E-state index contributed by atoms with van der Waals surface area (Å²) in [6.45, 7) is 0.718. The first-order chi connectivity index (χ1) is 10.2. The number of hydrogen-bond donors (Lipinski definition) is 1. The Hall–Kier alpha value is -2.75. The molecule has 1 aliphatic rings. The third kappa shape index (κ3) is 2.48. The van der Waals surface area contributed by atoms with Crippen LogP contribution in [0.3, 0.4) is 0 Å². The Bertz CT molecular complexity index is 705. The van der Waals surface area contributed by atoms with Crippen LogP contribution in [0.4, 0.5) is 5.69 Å². The molecule has 0 fully saturated rings. The average Bonchev–Trinajstić information content (AvgIpc) is 2.53. The highest BCUT2D eigenvalue weighted by atomic mass is 16.5. The Morgan fingerprint density at radius 1 is 1.14 bits per heavy atom. The minimum atomic E-state index is -0.339. The van der Waals surface area contributed by atoms with Gasteiger partial charge >= 0.3 is 5.97 Å². The topological polar surface area (TPSA) is 55.6 Å². The quantitative estimate of drug-likeness (QED) is 0.859. The van der Waals surface area contributed by atoms with Gasteiger partial charge in [0.1, 0.15) is 5.82 Å². The number of anilines is 1. The van der Waals surface area contributed by atoms with Crippen LogP contribution in [-0.4, -0.2) is 13.1 Å². The van der Waals surface area contributed by atoms with Crippen molar-refractivity contribution in [2.75, 3.05) is 12.0 Å². The Morgan fingerprint density at radius 3 is 2.57 bits per heavy atom. The molecule has 2 aromatic carbocycles. The molecule has 0 atom stereocenters. The first-order valence-electron chi connectivity index (χ1n) is 6.70. The molecule has 4 nitrogen and oxygen atoms in total. The lowest BCUT2D eigenvalue weighted by molar-refractivity contribution is 0.0601. The summed E-state index contributed by atoms with van der Waals surface area (Å²) in [5, 5.41) is 0. The number of nitrogens with two attached hydrogens (primary N) is 1. The number of carbonyl (C=O) groups is 1. The summed E-state index contributed by atoms with van der Waals surface area (Å²) in [5.41, 5.74) is 10.0. The van der Waals surface area contributed by atoms with E-state index < -0.39 is 0 Å². The number of nitrogens with zero attached hydrogens (tertiary/aromatic N) is 1. The molecule has 106 valence electrons. The third-order valence-corrected chi connectivity index (χ3v) is 3.60. The Morgan fingerprint density at radius 2 is 1.86 bits per heavy atom. The number of esters is 1. The van der Waals surface area contributed by atoms with Crippen LogP contribution < -0.4 is 10.6 Å². The van der Waals surface area contributed by atoms with Gasteiger partial charge in [-0.25, -0.2) is 4.79 Å². The van der Waals surface area contributed by atoms with Gasteiger partial charge < -0.3 is 15.4 Å². The van der Waals surface area contributed by atoms with Crippen molar-refractivity contribution in [3.63, 3.8) is 0 Å². The summed E-state index contributed by atoms with van der Waals surface area (Å²) in [6.07, 6.45) is 1.97. The monoisotopic (exact) mass is 280 g/mol. The molecular weight excluding hydrogens is 264 g/mol. The summed E-state index contributed by atoms with van der Waals surface area (Å²) in [6, 6.07) is 15.4. The van der Waals surface area contributed by atoms with E-state index >= 15 is 0 Å². The van der Waals surface area contributed by atoms with Gasteiger partial charge in [0.25, 0.3) is 0 Å². The van der Waals surface area contributed by atoms with Crippen molar-refractivity contribution < 1.29 is 9.53 Å². The van der Waals surface area contributed by atoms with Crippen LogP contribution in [0.1, 0.15) is 21.5 Å². The van der Waals surface area contributed by atoms with Gasteiger partial charge in [0, 0.05) is 5.69 Å². The number of fused-ring (bicyclic) bond motifs is 1. The molecule has 0 saturated heterocycles. The lowest BCUT2D eigenvalue weighted by Crippen LogP contribution is -2.29. The van der Waals surface area contributed by atoms with Gasteiger partial charge in [0.2, 0.25) is 0 Å². The molecule has 0 bridgehead atoms. The Kier molecular flexibility index (Phi) is 3.36. The van der Waals surface area contributed by atoms with Gasteiger partial charge in [0.05, 0.1) is 19.2 Å². The number of carbonyl (C=O) groups excluding carboxylic acids is 1. The molecule has 0 saturated carbocycles. The molecule has 0 amide bonds. The van der Waals surface area contributed by atoms with Gasteiger partial charge in [-0.05, 0) is 41.5 Å². The summed E-state index contributed by atoms with van der Waals surface area (Å²) in [7, 11) is 1.37. The summed E-state index contributed by atoms with van der Waals surface area (Å²) in [5.74, 6) is 0.355. The zero-order valence-electron chi connectivity index (χ0n) is 11.7. The molecule has 0 radical (unpaired) electrons. The zero-order valence-corrected chi connectivity index (χ0v) is 11.7. The maximum absolute atomic E-state index is 11.5. The van der Waals surface area contributed by atoms with Crippen molar-refractivity contribution in [2.24, 2.45) is 5.73 Å². The van der Waals surface area contributed by atoms with Crippen molar-refractivity contribution in [2.45, 2.75) is 6.54 Å². The van der Waals surface area contributed by atoms with E-state index in [2.05, 4.69) is 12.1 Å². The van der Waals surface area contributed by atoms with Crippen LogP contribution >= 0.6 is 0 Å². The fourth-order valence-corrected chi connectivity index (χ4v) is 2.45. The highest BCUT2D eigenvalue weighted by molar-refractivity contribution is 5.89. The highest BCUT2D eigenvalue weighted by Gasteiger charge is 2.17. The van der Waals surface area contributed by atoms with E-state index in [-0.39, 0.29) is 5.97 Å². The lowest BCUT2D eigenvalue weighted by Gasteiger charge is -2.29. The second-order valence-electron chi connectivity index (χ2n) is 4.89. The van der Waals surface area contributed by atoms with Crippen molar-refractivity contribution in [1.29, 1.82) is 0 Å². The number of ether oxygens (including phenoxy) is 1. The molecular formula is C17H16N2O2. The summed E-state index contributed by atoms with van der Waals surface area (Å²) < 4.78 is 4.70. The van der Waals surface area contributed by atoms with E-state index in [9.17, 15) is 4.79 Å². The molecule has 2 aromatic rings. The van der Waals surface area contributed by atoms with Gasteiger partial charge in [-0.3, -0.25) is 0 Å². The van der Waals surface area contributed by atoms with Crippen molar-refractivity contribution in [3.05, 3.63) is 71.0 Å². The predicted molar refractivity (Wildman–Crippen MR) is 82.6 cm³/mol. The molecule has 0 aliphatic carbocycles. The Balaban J connectivity index is 1.90. The fourth-order valence-electron chi connectivity index (χ4n) is 2.45. The van der Waals surface area contributed by atoms with E-state index in [1.165, 1.54) is 12.7 Å². The predicted octanol–water partition coefficient (Wildman–Crippen LogP) is 2.75. The summed E-state index contributed by atoms with van der Waals surface area (Å²) >= 11 is 0. The molecule has 1 heterocycles. The van der Waals surface area contributed by atoms with E-state index in [1.807, 2.05) is 35.2 Å². The van der Waals surface area contributed by atoms with Crippen molar-refractivity contribution in [1.82, 2.24) is 0 Å². The molecule has 0 aromatic heterocycles. The van der Waals surface area contributed by atoms with Crippen LogP contribution in [0, 0.1) is 0 Å². The lowest BCUT2D eigenvalue weighted by atomic mass is 10.0. The molecule has 4 heteroatoms. The number of hydrogen-bond acceptors (Lipinski definition) is 4. The Labute approximate surface area is 123 Å². The van der Waals surface area contributed by atoms with Gasteiger partial charge in [-0.2, -0.15) is 0 Å². The first kappa shape index (κ1) is 13.2. The van der Waals surface area contributed by atoms with E-state index in [4.69, 9.17) is 10.5 Å². The van der Waals surface area contributed by atoms with Gasteiger partial charge in [0.15, 0.2) is 0 Å². The largest absolute Gasteiger partial charge is 0.465 e. The number of rotatable bonds is 2. The van der Waals surface area contributed by atoms with Crippen molar-refractivity contribution >= 4 is 17.7 Å². The van der Waals surface area contributed by atoms with Crippen LogP contribution in [0.25, 0.3) is 6.08 Å². The molecule has 0 spiro atoms. The fraction of sp³-hybridized carbons (Fsp3) is 0.118. The molecule has 1 aliphatic heterocycles. The van der Waals surface area contributed by atoms with Crippen LogP contribution in [-0.2, 0) is 11.3 Å². The van der Waals surface area contributed by atoms with E-state index in [0.29, 0.717) is 11.4 Å². The van der Waals surface area contributed by atoms with E-state index in [1.54, 1.807) is 12.1 Å². The molecule has 0 unspecified atom stereocenters. The average molecular weight is 280 g/mol. The SMILES string of the molecule is COC(=O)c1ccc(N2Cc3ccccc3C=C2N)cc1. The number of methoxy groups -OCH3 is 1. The molecule has 3 rings (SSSR count). The maximum atomic E-state index is 11.5. The van der Waals surface area contributed by atoms with Crippen LogP contribution in [0.2, 0.25) is 0 Å². The minimum absolute atomic E-state index is 0.339. The normalized spacial score (nSPS) is 13.4. The zero-order chi connectivity index (χ0) is 14.8. The second-order valence-corrected chi connectivity index (χ2v) is 4.89. The number of benzene rings is 2. The van der Waals surface area contributed by atoms with Crippen molar-refractivity contribution in [3.8, 4) is 0 Å². The second kappa shape index (κ2) is 5.32. The highest BCUT2D eigenvalue weighted by Crippen LogP contribution is 2.27. The third-order valence-electron chi connectivity index (χ3n) is 3.60. The smallest absolute Gasteiger partial charge is 0.337 e. The van der Waals surface area contributed by atoms with Crippen LogP contribution in [0.5, 0.6) is 0 Å². The van der Waals surface area contributed by atoms with Crippen LogP contribution in [0.15, 0.2) is 54.4 Å². The van der Waals surface area contributed by atoms with Gasteiger partial charge in [-0.1, -0.05) is 24.3 Å². The summed E-state index contributed by atoms with van der Waals surface area (Å²) in [4.78, 5) is 13.5. The minimum Gasteiger partial charge on any atom is -0.465 e. The standard InChI is InChI=1S/C17H16N2O2/c1-21-17(20)12-6-8-15(9-7-12)19-11-14-5-3-2-4-13(14)10-16(19)18/h2-10H,11,18H2,1H3.